The molecule has 13 heavy (non-hydrogen) atoms. The van der Waals surface area contributed by atoms with Gasteiger partial charge in [-0.3, -0.25) is 0 Å². The molecule has 2 rings (SSSR count). The Hall–Kier alpha value is -1.24. The molecule has 0 heterocycles. The molecule has 0 amide bonds. The molecule has 0 aromatic heterocycles. The van der Waals surface area contributed by atoms with Crippen molar-refractivity contribution in [2.24, 2.45) is 23.5 Å². The van der Waals surface area contributed by atoms with E-state index in [9.17, 15) is 0 Å². The van der Waals surface area contributed by atoms with Crippen molar-refractivity contribution in [1.82, 2.24) is 0 Å². The number of allylic oxidation sites excluding steroid dienone is 5. The second-order valence-corrected chi connectivity index (χ2v) is 3.81. The first-order valence-electron chi connectivity index (χ1n) is 4.69. The van der Waals surface area contributed by atoms with Crippen molar-refractivity contribution in [3.8, 4) is 0 Å². The predicted octanol–water partition coefficient (Wildman–Crippen LogP) is 2.39. The molecule has 0 aromatic carbocycles. The largest absolute Gasteiger partial charge is 0.399 e. The fourth-order valence-corrected chi connectivity index (χ4v) is 2.36. The van der Waals surface area contributed by atoms with Crippen molar-refractivity contribution in [2.45, 2.75) is 6.42 Å². The molecule has 0 bridgehead atoms. The maximum atomic E-state index is 5.85. The van der Waals surface area contributed by atoms with Crippen molar-refractivity contribution in [1.29, 1.82) is 0 Å². The van der Waals surface area contributed by atoms with Crippen molar-refractivity contribution >= 4 is 0 Å². The molecular formula is C12H15N. The lowest BCUT2D eigenvalue weighted by atomic mass is 9.76. The average molecular weight is 173 g/mol. The highest BCUT2D eigenvalue weighted by atomic mass is 14.6. The van der Waals surface area contributed by atoms with E-state index in [1.54, 1.807) is 0 Å². The van der Waals surface area contributed by atoms with E-state index in [2.05, 4.69) is 31.4 Å². The van der Waals surface area contributed by atoms with Crippen LogP contribution < -0.4 is 5.73 Å². The quantitative estimate of drug-likeness (QED) is 0.605. The summed E-state index contributed by atoms with van der Waals surface area (Å²) in [6, 6.07) is 0. The fraction of sp³-hybridized carbons (Fsp3) is 0.333. The molecule has 68 valence electrons. The lowest BCUT2D eigenvalue weighted by Crippen LogP contribution is -2.21. The third kappa shape index (κ3) is 1.15. The number of hydrogen-bond donors (Lipinski definition) is 1. The molecule has 0 saturated heterocycles. The van der Waals surface area contributed by atoms with Crippen LogP contribution >= 0.6 is 0 Å². The van der Waals surface area contributed by atoms with Crippen LogP contribution in [0.4, 0.5) is 0 Å². The first-order valence-corrected chi connectivity index (χ1v) is 4.69. The first-order chi connectivity index (χ1) is 6.24. The lowest BCUT2D eigenvalue weighted by Gasteiger charge is -2.28. The zero-order valence-electron chi connectivity index (χ0n) is 7.74. The maximum Gasteiger partial charge on any atom is 0.0306 e. The fourth-order valence-electron chi connectivity index (χ4n) is 2.36. The molecule has 0 fully saturated rings. The van der Waals surface area contributed by atoms with Crippen LogP contribution in [0.1, 0.15) is 6.42 Å². The number of fused-ring (bicyclic) bond motifs is 1. The molecule has 2 N–H and O–H groups in total. The Balaban J connectivity index is 2.33. The highest BCUT2D eigenvalue weighted by molar-refractivity contribution is 5.39. The molecule has 2 unspecified atom stereocenters. The van der Waals surface area contributed by atoms with Crippen molar-refractivity contribution in [3.63, 3.8) is 0 Å². The zero-order chi connectivity index (χ0) is 9.42. The molecule has 0 aliphatic heterocycles. The molecule has 0 aromatic rings. The summed E-state index contributed by atoms with van der Waals surface area (Å²) < 4.78 is 0. The van der Waals surface area contributed by atoms with E-state index in [0.717, 1.165) is 17.7 Å². The van der Waals surface area contributed by atoms with Crippen LogP contribution in [0.5, 0.6) is 0 Å². The van der Waals surface area contributed by atoms with Crippen LogP contribution in [0, 0.1) is 17.8 Å². The molecule has 0 radical (unpaired) electrons. The van der Waals surface area contributed by atoms with Crippen molar-refractivity contribution in [3.05, 3.63) is 48.7 Å². The second-order valence-electron chi connectivity index (χ2n) is 3.81. The van der Waals surface area contributed by atoms with Gasteiger partial charge in [0.05, 0.1) is 0 Å². The Bertz CT molecular complexity index is 309. The van der Waals surface area contributed by atoms with Crippen LogP contribution in [-0.2, 0) is 0 Å². The lowest BCUT2D eigenvalue weighted by molar-refractivity contribution is 0.406. The minimum Gasteiger partial charge on any atom is -0.399 e. The highest BCUT2D eigenvalue weighted by Crippen LogP contribution is 2.43. The van der Waals surface area contributed by atoms with Gasteiger partial charge in [0.1, 0.15) is 0 Å². The van der Waals surface area contributed by atoms with Gasteiger partial charge >= 0.3 is 0 Å². The summed E-state index contributed by atoms with van der Waals surface area (Å²) in [5.74, 6) is 1.45. The number of rotatable bonds is 1. The van der Waals surface area contributed by atoms with Gasteiger partial charge < -0.3 is 5.73 Å². The van der Waals surface area contributed by atoms with E-state index in [-0.39, 0.29) is 0 Å². The molecule has 1 heteroatoms. The first kappa shape index (κ1) is 8.36. The van der Waals surface area contributed by atoms with Crippen molar-refractivity contribution < 1.29 is 0 Å². The standard InChI is InChI=1S/C12H15N/c1-3-9-5-4-6-10-7-11(13)8(2)12(9)10/h3-5,7,9-10,12H,1-2,6,13H2/t9?,10-,12?/m1/s1. The van der Waals surface area contributed by atoms with E-state index < -0.39 is 0 Å². The summed E-state index contributed by atoms with van der Waals surface area (Å²) in [7, 11) is 0. The van der Waals surface area contributed by atoms with E-state index in [1.165, 1.54) is 0 Å². The summed E-state index contributed by atoms with van der Waals surface area (Å²) in [6.45, 7) is 7.89. The second kappa shape index (κ2) is 2.91. The SMILES string of the molecule is C=CC1C=CC[C@@H]2C=C(N)C(=C)C12. The molecule has 2 aliphatic rings. The van der Waals surface area contributed by atoms with Gasteiger partial charge in [-0.1, -0.05) is 30.9 Å². The summed E-state index contributed by atoms with van der Waals surface area (Å²) in [6.07, 6.45) is 9.66. The monoisotopic (exact) mass is 173 g/mol. The average Bonchev–Trinajstić information content (AvgIpc) is 2.43. The predicted molar refractivity (Wildman–Crippen MR) is 55.8 cm³/mol. The van der Waals surface area contributed by atoms with Gasteiger partial charge in [-0.05, 0) is 17.9 Å². The van der Waals surface area contributed by atoms with Crippen LogP contribution in [0.3, 0.4) is 0 Å². The van der Waals surface area contributed by atoms with Crippen LogP contribution in [0.25, 0.3) is 0 Å². The smallest absolute Gasteiger partial charge is 0.0306 e. The summed E-state index contributed by atoms with van der Waals surface area (Å²) in [4.78, 5) is 0. The number of hydrogen-bond acceptors (Lipinski definition) is 1. The molecule has 0 spiro atoms. The molecule has 0 saturated carbocycles. The molecule has 2 aliphatic carbocycles. The number of nitrogens with two attached hydrogens (primary N) is 1. The Morgan fingerprint density at radius 1 is 1.54 bits per heavy atom. The topological polar surface area (TPSA) is 26.0 Å². The minimum atomic E-state index is 0.420. The molecular weight excluding hydrogens is 158 g/mol. The van der Waals surface area contributed by atoms with Gasteiger partial charge in [0.15, 0.2) is 0 Å². The normalized spacial score (nSPS) is 37.1. The Morgan fingerprint density at radius 3 is 3.00 bits per heavy atom. The summed E-state index contributed by atoms with van der Waals surface area (Å²) >= 11 is 0. The van der Waals surface area contributed by atoms with Crippen LogP contribution in [-0.4, -0.2) is 0 Å². The third-order valence-corrected chi connectivity index (χ3v) is 3.08. The summed E-state index contributed by atoms with van der Waals surface area (Å²) in [5.41, 5.74) is 7.83. The van der Waals surface area contributed by atoms with Crippen LogP contribution in [0.15, 0.2) is 48.7 Å². The van der Waals surface area contributed by atoms with Crippen LogP contribution in [0.2, 0.25) is 0 Å². The van der Waals surface area contributed by atoms with E-state index in [4.69, 9.17) is 5.73 Å². The molecule has 3 atom stereocenters. The van der Waals surface area contributed by atoms with Gasteiger partial charge in [0.25, 0.3) is 0 Å². The van der Waals surface area contributed by atoms with Crippen molar-refractivity contribution in [2.75, 3.05) is 0 Å². The minimum absolute atomic E-state index is 0.420. The van der Waals surface area contributed by atoms with Gasteiger partial charge in [0.2, 0.25) is 0 Å². The maximum absolute atomic E-state index is 5.85. The Labute approximate surface area is 79.3 Å². The highest BCUT2D eigenvalue weighted by Gasteiger charge is 2.34. The van der Waals surface area contributed by atoms with Gasteiger partial charge in [-0.25, -0.2) is 0 Å². The summed E-state index contributed by atoms with van der Waals surface area (Å²) in [5, 5.41) is 0. The van der Waals surface area contributed by atoms with E-state index in [0.29, 0.717) is 17.8 Å². The van der Waals surface area contributed by atoms with E-state index in [1.807, 2.05) is 6.08 Å². The van der Waals surface area contributed by atoms with Gasteiger partial charge in [-0.15, -0.1) is 6.58 Å². The molecule has 1 nitrogen and oxygen atoms in total. The third-order valence-electron chi connectivity index (χ3n) is 3.08. The zero-order valence-corrected chi connectivity index (χ0v) is 7.74. The Kier molecular flexibility index (Phi) is 1.87. The van der Waals surface area contributed by atoms with Gasteiger partial charge in [-0.2, -0.15) is 0 Å². The van der Waals surface area contributed by atoms with E-state index >= 15 is 0 Å². The Morgan fingerprint density at radius 2 is 2.31 bits per heavy atom. The van der Waals surface area contributed by atoms with Gasteiger partial charge in [0, 0.05) is 17.5 Å².